The smallest absolute Gasteiger partial charge is 0.408 e. The molecule has 0 spiro atoms. The first-order valence-electron chi connectivity index (χ1n) is 18.0. The summed E-state index contributed by atoms with van der Waals surface area (Å²) in [4.78, 5) is 40.6. The molecule has 6 heteroatoms. The van der Waals surface area contributed by atoms with Crippen molar-refractivity contribution in [3.8, 4) is 0 Å². The first-order chi connectivity index (χ1) is 22.1. The van der Waals surface area contributed by atoms with Crippen LogP contribution in [-0.4, -0.2) is 43.0 Å². The Balaban J connectivity index is 1.25. The van der Waals surface area contributed by atoms with Gasteiger partial charge in [-0.25, -0.2) is 4.79 Å². The maximum atomic E-state index is 14.6. The lowest BCUT2D eigenvalue weighted by Crippen LogP contribution is -2.51. The molecule has 0 aromatic heterocycles. The van der Waals surface area contributed by atoms with Gasteiger partial charge < -0.3 is 14.8 Å². The highest BCUT2D eigenvalue weighted by Crippen LogP contribution is 2.70. The number of hydrogen-bond acceptors (Lipinski definition) is 5. The highest BCUT2D eigenvalue weighted by Gasteiger charge is 2.68. The largest absolute Gasteiger partial charge is 0.446 e. The fraction of sp³-hybridized carbons (Fsp3) is 0.675. The van der Waals surface area contributed by atoms with E-state index in [1.54, 1.807) is 6.08 Å². The van der Waals surface area contributed by atoms with Crippen LogP contribution in [0, 0.1) is 46.8 Å². The summed E-state index contributed by atoms with van der Waals surface area (Å²) in [5, 5.41) is 3.12. The molecule has 0 heterocycles. The number of allylic oxidation sites excluding steroid dienone is 2. The Morgan fingerprint density at radius 1 is 1.11 bits per heavy atom. The third-order valence-electron chi connectivity index (χ3n) is 12.2. The number of fused-ring (bicyclic) bond motifs is 2. The Labute approximate surface area is 277 Å². The minimum absolute atomic E-state index is 0.0180. The van der Waals surface area contributed by atoms with Gasteiger partial charge in [-0.15, -0.1) is 6.58 Å². The lowest BCUT2D eigenvalue weighted by atomic mass is 9.77. The van der Waals surface area contributed by atoms with E-state index in [0.29, 0.717) is 49.4 Å². The number of alkyl carbamates (subject to hydrolysis) is 1. The van der Waals surface area contributed by atoms with Crippen molar-refractivity contribution in [2.75, 3.05) is 13.2 Å². The predicted molar refractivity (Wildman–Crippen MR) is 182 cm³/mol. The summed E-state index contributed by atoms with van der Waals surface area (Å²) in [5.74, 6) is 1.66. The number of Topliss-reactive ketones (excluding diaryl/α,β-unsaturated/α-hetero) is 2. The average molecular weight is 632 g/mol. The second kappa shape index (κ2) is 15.0. The molecule has 8 atom stereocenters. The third-order valence-corrected chi connectivity index (χ3v) is 12.2. The molecule has 0 bridgehead atoms. The van der Waals surface area contributed by atoms with Gasteiger partial charge in [0.2, 0.25) is 0 Å². The number of ketones is 2. The first kappa shape index (κ1) is 34.6. The first-order valence-corrected chi connectivity index (χ1v) is 18.0. The number of benzene rings is 1. The summed E-state index contributed by atoms with van der Waals surface area (Å²) in [6.07, 6.45) is 10.5. The fourth-order valence-electron chi connectivity index (χ4n) is 9.31. The van der Waals surface area contributed by atoms with Crippen molar-refractivity contribution < 1.29 is 23.9 Å². The number of amides is 1. The number of ether oxygens (including phenoxy) is 2. The van der Waals surface area contributed by atoms with Gasteiger partial charge in [0.05, 0.1) is 12.6 Å². The number of rotatable bonds is 17. The third kappa shape index (κ3) is 7.53. The summed E-state index contributed by atoms with van der Waals surface area (Å²) in [5.41, 5.74) is 3.44. The van der Waals surface area contributed by atoms with Crippen molar-refractivity contribution >= 4 is 17.7 Å². The maximum absolute atomic E-state index is 14.6. The Bertz CT molecular complexity index is 1260. The van der Waals surface area contributed by atoms with Crippen molar-refractivity contribution in [3.63, 3.8) is 0 Å². The van der Waals surface area contributed by atoms with Crippen molar-refractivity contribution in [3.05, 3.63) is 60.2 Å². The standard InChI is InChI=1S/C40H57NO5/c1-7-9-17-34(42)26(4)27(13-8-2)19-20-45-24-32-31(23-33-36(32)40(33,5)6)38(43)37(30-21-28-15-10-11-16-29(28)22-30)41-39(44)46-35-18-12-14-25(35)3/h7,10-11,15-16,25,27,30-33,35-37H,1,4,8-9,12-14,17-24H2,2-3,5-6H3,(H,41,44). The summed E-state index contributed by atoms with van der Waals surface area (Å²) in [6.45, 7) is 17.9. The van der Waals surface area contributed by atoms with E-state index < -0.39 is 12.1 Å². The van der Waals surface area contributed by atoms with Crippen LogP contribution in [0.2, 0.25) is 0 Å². The Morgan fingerprint density at radius 3 is 2.46 bits per heavy atom. The molecular weight excluding hydrogens is 574 g/mol. The maximum Gasteiger partial charge on any atom is 0.408 e. The monoisotopic (exact) mass is 631 g/mol. The van der Waals surface area contributed by atoms with E-state index in [2.05, 4.69) is 70.4 Å². The Hall–Kier alpha value is -2.73. The predicted octanol–water partition coefficient (Wildman–Crippen LogP) is 8.08. The molecule has 5 rings (SSSR count). The quantitative estimate of drug-likeness (QED) is 0.107. The molecule has 3 saturated carbocycles. The molecule has 1 amide bonds. The van der Waals surface area contributed by atoms with Crippen molar-refractivity contribution in [1.29, 1.82) is 0 Å². The van der Waals surface area contributed by atoms with Gasteiger partial charge in [-0.05, 0) is 115 Å². The van der Waals surface area contributed by atoms with Crippen molar-refractivity contribution in [2.24, 2.45) is 46.8 Å². The van der Waals surface area contributed by atoms with Gasteiger partial charge in [-0.3, -0.25) is 9.59 Å². The van der Waals surface area contributed by atoms with Crippen molar-refractivity contribution in [2.45, 2.75) is 110 Å². The minimum Gasteiger partial charge on any atom is -0.446 e. The molecule has 3 fully saturated rings. The van der Waals surface area contributed by atoms with Gasteiger partial charge in [-0.2, -0.15) is 0 Å². The Morgan fingerprint density at radius 2 is 1.83 bits per heavy atom. The molecular formula is C40H57NO5. The van der Waals surface area contributed by atoms with Crippen LogP contribution in [0.3, 0.4) is 0 Å². The zero-order valence-electron chi connectivity index (χ0n) is 28.7. The molecule has 6 nitrogen and oxygen atoms in total. The second-order valence-corrected chi connectivity index (χ2v) is 15.4. The number of nitrogens with one attached hydrogen (secondary N) is 1. The summed E-state index contributed by atoms with van der Waals surface area (Å²) in [7, 11) is 0. The van der Waals surface area contributed by atoms with Gasteiger partial charge in [0.15, 0.2) is 11.6 Å². The lowest BCUT2D eigenvalue weighted by Gasteiger charge is -2.32. The van der Waals surface area contributed by atoms with Gasteiger partial charge in [0, 0.05) is 18.9 Å². The number of hydrogen-bond donors (Lipinski definition) is 1. The topological polar surface area (TPSA) is 81.7 Å². The van der Waals surface area contributed by atoms with Gasteiger partial charge >= 0.3 is 6.09 Å². The van der Waals surface area contributed by atoms with Crippen LogP contribution >= 0.6 is 0 Å². The van der Waals surface area contributed by atoms with E-state index >= 15 is 0 Å². The van der Waals surface area contributed by atoms with Gasteiger partial charge in [0.25, 0.3) is 0 Å². The molecule has 0 radical (unpaired) electrons. The highest BCUT2D eigenvalue weighted by atomic mass is 16.6. The van der Waals surface area contributed by atoms with Crippen LogP contribution in [0.25, 0.3) is 0 Å². The van der Waals surface area contributed by atoms with Crippen LogP contribution in [0.15, 0.2) is 49.1 Å². The number of carbonyl (C=O) groups excluding carboxylic acids is 3. The molecule has 1 aromatic rings. The normalized spacial score (nSPS) is 29.0. The van der Waals surface area contributed by atoms with Crippen LogP contribution in [-0.2, 0) is 31.9 Å². The highest BCUT2D eigenvalue weighted by molar-refractivity contribution is 5.95. The number of carbonyl (C=O) groups is 3. The van der Waals surface area contributed by atoms with Gasteiger partial charge in [-0.1, -0.05) is 71.0 Å². The van der Waals surface area contributed by atoms with E-state index in [1.807, 2.05) is 0 Å². The van der Waals surface area contributed by atoms with Crippen LogP contribution in [0.5, 0.6) is 0 Å². The molecule has 8 unspecified atom stereocenters. The summed E-state index contributed by atoms with van der Waals surface area (Å²) < 4.78 is 12.3. The lowest BCUT2D eigenvalue weighted by molar-refractivity contribution is -0.129. The SMILES string of the molecule is C=CCCC(=O)C(=C)C(CCC)CCOCC1C(C(=O)C(NC(=O)OC2CCCC2C)C2Cc3ccccc3C2)CC2C1C2(C)C. The zero-order chi connectivity index (χ0) is 33.0. The molecule has 1 N–H and O–H groups in total. The van der Waals surface area contributed by atoms with E-state index in [0.717, 1.165) is 57.8 Å². The van der Waals surface area contributed by atoms with E-state index in [1.165, 1.54) is 11.1 Å². The average Bonchev–Trinajstić information content (AvgIpc) is 3.52. The molecule has 4 aliphatic carbocycles. The molecule has 46 heavy (non-hydrogen) atoms. The van der Waals surface area contributed by atoms with Crippen LogP contribution in [0.1, 0.15) is 96.6 Å². The second-order valence-electron chi connectivity index (χ2n) is 15.4. The Kier molecular flexibility index (Phi) is 11.3. The minimum atomic E-state index is -0.580. The van der Waals surface area contributed by atoms with Gasteiger partial charge in [0.1, 0.15) is 6.10 Å². The fourth-order valence-corrected chi connectivity index (χ4v) is 9.31. The van der Waals surface area contributed by atoms with Crippen LogP contribution in [0.4, 0.5) is 4.79 Å². The van der Waals surface area contributed by atoms with E-state index in [9.17, 15) is 14.4 Å². The molecule has 4 aliphatic rings. The van der Waals surface area contributed by atoms with E-state index in [-0.39, 0.29) is 46.8 Å². The zero-order valence-corrected chi connectivity index (χ0v) is 28.7. The van der Waals surface area contributed by atoms with Crippen LogP contribution < -0.4 is 5.32 Å². The summed E-state index contributed by atoms with van der Waals surface area (Å²) >= 11 is 0. The molecule has 0 saturated heterocycles. The molecule has 252 valence electrons. The summed E-state index contributed by atoms with van der Waals surface area (Å²) in [6, 6.07) is 7.82. The van der Waals surface area contributed by atoms with E-state index in [4.69, 9.17) is 9.47 Å². The van der Waals surface area contributed by atoms with Crippen molar-refractivity contribution in [1.82, 2.24) is 5.32 Å². The molecule has 0 aliphatic heterocycles. The molecule has 1 aromatic carbocycles.